The molecular formula is C31H37BrN4O5S. The zero-order valence-electron chi connectivity index (χ0n) is 23.4. The number of ether oxygens (including phenoxy) is 1. The molecule has 4 fully saturated rings. The van der Waals surface area contributed by atoms with Crippen molar-refractivity contribution in [2.45, 2.75) is 39.9 Å². The van der Waals surface area contributed by atoms with Gasteiger partial charge in [-0.3, -0.25) is 19.3 Å². The van der Waals surface area contributed by atoms with Crippen molar-refractivity contribution in [3.05, 3.63) is 71.8 Å². The molecule has 0 saturated carbocycles. The van der Waals surface area contributed by atoms with Crippen molar-refractivity contribution in [3.8, 4) is 0 Å². The fourth-order valence-corrected chi connectivity index (χ4v) is 10.8. The first kappa shape index (κ1) is 29.6. The number of aliphatic hydroxyl groups is 1. The van der Waals surface area contributed by atoms with E-state index in [9.17, 15) is 19.5 Å². The Morgan fingerprint density at radius 3 is 2.43 bits per heavy atom. The number of halogens is 1. The van der Waals surface area contributed by atoms with E-state index in [0.29, 0.717) is 39.3 Å². The molecule has 4 aliphatic heterocycles. The number of amides is 3. The van der Waals surface area contributed by atoms with E-state index in [0.717, 1.165) is 24.2 Å². The summed E-state index contributed by atoms with van der Waals surface area (Å²) in [5.41, 5.74) is 1.74. The molecule has 0 aromatic heterocycles. The molecule has 11 heteroatoms. The number of carbonyl (C=O) groups is 3. The lowest BCUT2D eigenvalue weighted by atomic mass is 9.70. The topological polar surface area (TPSA) is 111 Å². The van der Waals surface area contributed by atoms with Gasteiger partial charge in [0.25, 0.3) is 0 Å². The summed E-state index contributed by atoms with van der Waals surface area (Å²) in [4.78, 5) is 46.3. The molecule has 7 atom stereocenters. The molecule has 1 spiro atoms. The summed E-state index contributed by atoms with van der Waals surface area (Å²) in [5.74, 6) is -1.89. The zero-order valence-corrected chi connectivity index (χ0v) is 25.8. The van der Waals surface area contributed by atoms with Crippen molar-refractivity contribution < 1.29 is 24.2 Å². The van der Waals surface area contributed by atoms with Crippen molar-refractivity contribution in [1.82, 2.24) is 20.4 Å². The normalized spacial score (nSPS) is 31.1. The number of nitrogens with zero attached hydrogens (tertiary/aromatic N) is 2. The molecule has 4 heterocycles. The van der Waals surface area contributed by atoms with Gasteiger partial charge in [-0.1, -0.05) is 76.6 Å². The van der Waals surface area contributed by atoms with Crippen LogP contribution in [0.4, 0.5) is 0 Å². The van der Waals surface area contributed by atoms with E-state index in [2.05, 4.69) is 31.5 Å². The molecule has 42 heavy (non-hydrogen) atoms. The average molecular weight is 658 g/mol. The van der Waals surface area contributed by atoms with E-state index in [1.807, 2.05) is 60.7 Å². The minimum Gasteiger partial charge on any atom is -0.394 e. The quantitative estimate of drug-likeness (QED) is 0.335. The van der Waals surface area contributed by atoms with Gasteiger partial charge in [-0.15, -0.1) is 11.8 Å². The smallest absolute Gasteiger partial charge is 0.244 e. The maximum Gasteiger partial charge on any atom is 0.244 e. The molecule has 2 aromatic rings. The molecule has 224 valence electrons. The van der Waals surface area contributed by atoms with Gasteiger partial charge in [-0.05, 0) is 17.5 Å². The molecule has 3 amide bonds. The third kappa shape index (κ3) is 5.38. The molecule has 0 aliphatic carbocycles. The lowest BCUT2D eigenvalue weighted by Crippen LogP contribution is -2.56. The second kappa shape index (κ2) is 12.7. The zero-order chi connectivity index (χ0) is 29.3. The van der Waals surface area contributed by atoms with E-state index < -0.39 is 28.7 Å². The van der Waals surface area contributed by atoms with Gasteiger partial charge in [-0.25, -0.2) is 0 Å². The Balaban J connectivity index is 1.29. The number of carbonyl (C=O) groups excluding carboxylic acids is 3. The Labute approximate surface area is 258 Å². The largest absolute Gasteiger partial charge is 0.394 e. The van der Waals surface area contributed by atoms with Gasteiger partial charge in [0.2, 0.25) is 17.7 Å². The van der Waals surface area contributed by atoms with Gasteiger partial charge in [-0.2, -0.15) is 0 Å². The van der Waals surface area contributed by atoms with Crippen LogP contribution < -0.4 is 10.6 Å². The number of benzene rings is 2. The highest BCUT2D eigenvalue weighted by Crippen LogP contribution is 2.68. The Kier molecular flexibility index (Phi) is 8.93. The first-order valence-electron chi connectivity index (χ1n) is 14.6. The van der Waals surface area contributed by atoms with Crippen LogP contribution >= 0.6 is 27.7 Å². The van der Waals surface area contributed by atoms with Crippen LogP contribution in [0.1, 0.15) is 23.6 Å². The number of hydrogen-bond donors (Lipinski definition) is 3. The third-order valence-electron chi connectivity index (χ3n) is 9.11. The van der Waals surface area contributed by atoms with Crippen LogP contribution in [-0.2, 0) is 25.7 Å². The Bertz CT molecular complexity index is 1280. The summed E-state index contributed by atoms with van der Waals surface area (Å²) < 4.78 is 4.66. The van der Waals surface area contributed by atoms with Crippen LogP contribution in [0, 0.1) is 11.8 Å². The second-order valence-corrected chi connectivity index (χ2v) is 14.2. The Morgan fingerprint density at radius 1 is 1.05 bits per heavy atom. The molecular weight excluding hydrogens is 620 g/mol. The Morgan fingerprint density at radius 2 is 1.74 bits per heavy atom. The van der Waals surface area contributed by atoms with Crippen molar-refractivity contribution in [1.29, 1.82) is 0 Å². The van der Waals surface area contributed by atoms with Gasteiger partial charge in [0.1, 0.15) is 6.04 Å². The number of morpholine rings is 1. The van der Waals surface area contributed by atoms with Crippen LogP contribution in [0.25, 0.3) is 0 Å². The van der Waals surface area contributed by atoms with Crippen LogP contribution in [0.15, 0.2) is 60.7 Å². The maximum absolute atomic E-state index is 14.5. The molecule has 9 nitrogen and oxygen atoms in total. The van der Waals surface area contributed by atoms with E-state index in [4.69, 9.17) is 4.74 Å². The third-order valence-corrected chi connectivity index (χ3v) is 12.3. The molecule has 2 aromatic carbocycles. The van der Waals surface area contributed by atoms with Crippen molar-refractivity contribution in [2.24, 2.45) is 11.8 Å². The number of hydrogen-bond acceptors (Lipinski definition) is 7. The van der Waals surface area contributed by atoms with E-state index >= 15 is 0 Å². The summed E-state index contributed by atoms with van der Waals surface area (Å²) in [6.45, 7) is 4.17. The molecule has 4 aliphatic rings. The number of likely N-dealkylation sites (tertiary alicyclic amines) is 1. The second-order valence-electron chi connectivity index (χ2n) is 11.5. The van der Waals surface area contributed by atoms with E-state index in [1.165, 1.54) is 0 Å². The number of alkyl halides is 1. The van der Waals surface area contributed by atoms with Crippen molar-refractivity contribution >= 4 is 45.4 Å². The van der Waals surface area contributed by atoms with Crippen molar-refractivity contribution in [3.63, 3.8) is 0 Å². The Hall–Kier alpha value is -2.44. The van der Waals surface area contributed by atoms with Gasteiger partial charge in [0, 0.05) is 42.8 Å². The maximum atomic E-state index is 14.5. The van der Waals surface area contributed by atoms with Crippen LogP contribution in [0.5, 0.6) is 0 Å². The summed E-state index contributed by atoms with van der Waals surface area (Å²) in [7, 11) is 0. The predicted octanol–water partition coefficient (Wildman–Crippen LogP) is 1.95. The van der Waals surface area contributed by atoms with Crippen LogP contribution in [-0.4, -0.2) is 99.5 Å². The molecule has 6 rings (SSSR count). The molecule has 3 N–H and O–H groups in total. The van der Waals surface area contributed by atoms with Crippen LogP contribution in [0.3, 0.4) is 0 Å². The number of rotatable bonds is 10. The fraction of sp³-hybridized carbons (Fsp3) is 0.516. The summed E-state index contributed by atoms with van der Waals surface area (Å²) >= 11 is 5.43. The molecule has 2 bridgehead atoms. The minimum absolute atomic E-state index is 0.0214. The molecule has 4 saturated heterocycles. The predicted molar refractivity (Wildman–Crippen MR) is 164 cm³/mol. The van der Waals surface area contributed by atoms with E-state index in [-0.39, 0.29) is 34.4 Å². The lowest BCUT2D eigenvalue weighted by Gasteiger charge is -2.37. The number of nitrogens with one attached hydrogen (secondary N) is 2. The minimum atomic E-state index is -0.820. The van der Waals surface area contributed by atoms with Gasteiger partial charge < -0.3 is 25.4 Å². The molecule has 0 radical (unpaired) electrons. The van der Waals surface area contributed by atoms with Gasteiger partial charge >= 0.3 is 0 Å². The van der Waals surface area contributed by atoms with Crippen LogP contribution in [0.2, 0.25) is 0 Å². The van der Waals surface area contributed by atoms with E-state index in [1.54, 1.807) is 16.7 Å². The monoisotopic (exact) mass is 656 g/mol. The van der Waals surface area contributed by atoms with Gasteiger partial charge in [0.05, 0.1) is 42.4 Å². The highest BCUT2D eigenvalue weighted by atomic mass is 79.9. The summed E-state index contributed by atoms with van der Waals surface area (Å²) in [5, 5.41) is 16.7. The number of aliphatic hydroxyl groups excluding tert-OH is 1. The SMILES string of the molecule is O=C(NCCN1CCOCC1)C1N([C@H](CO)c2ccccc2)C(=O)[C@@H]2[C@@H](C(=O)NCc3ccccc3)[C@@H]3SC12CC3Br. The van der Waals surface area contributed by atoms with Gasteiger partial charge in [0.15, 0.2) is 0 Å². The standard InChI is InChI=1S/C31H37BrN4O5S/c32-22-17-31-25(24(26(22)42-31)28(38)34-18-20-7-3-1-4-8-20)30(40)36(23(19-37)21-9-5-2-6-10-21)27(31)29(39)33-11-12-35-13-15-41-16-14-35/h1-10,22-27,37H,11-19H2,(H,33,39)(H,34,38)/t22?,23-,24-,25+,26-,27?,31?/m1/s1. The number of fused-ring (bicyclic) bond motifs is 1. The van der Waals surface area contributed by atoms with Crippen molar-refractivity contribution in [2.75, 3.05) is 46.0 Å². The summed E-state index contributed by atoms with van der Waals surface area (Å²) in [6, 6.07) is 17.5. The first-order valence-corrected chi connectivity index (χ1v) is 16.4. The fourth-order valence-electron chi connectivity index (χ4n) is 7.19. The highest BCUT2D eigenvalue weighted by molar-refractivity contribution is 9.09. The summed E-state index contributed by atoms with van der Waals surface area (Å²) in [6.07, 6.45) is 0.589. The number of thioether (sulfide) groups is 1. The average Bonchev–Trinajstić information content (AvgIpc) is 3.61. The lowest BCUT2D eigenvalue weighted by molar-refractivity contribution is -0.143. The first-order chi connectivity index (χ1) is 20.4. The highest BCUT2D eigenvalue weighted by Gasteiger charge is 2.76. The molecule has 3 unspecified atom stereocenters.